The van der Waals surface area contributed by atoms with Crippen molar-refractivity contribution in [2.24, 2.45) is 0 Å². The first-order valence-electron chi connectivity index (χ1n) is 5.18. The van der Waals surface area contributed by atoms with Crippen LogP contribution in [0.2, 0.25) is 0 Å². The van der Waals surface area contributed by atoms with Crippen molar-refractivity contribution in [3.05, 3.63) is 48.1 Å². The predicted molar refractivity (Wildman–Crippen MR) is 61.4 cm³/mol. The predicted octanol–water partition coefficient (Wildman–Crippen LogP) is 2.70. The van der Waals surface area contributed by atoms with Crippen LogP contribution in [0.1, 0.15) is 11.5 Å². The van der Waals surface area contributed by atoms with Gasteiger partial charge in [-0.2, -0.15) is 0 Å². The SMILES string of the molecule is COc1ccc2c(c1)NC1C=CC=CC21. The number of methoxy groups -OCH3 is 1. The number of hydrogen-bond acceptors (Lipinski definition) is 2. The molecule has 15 heavy (non-hydrogen) atoms. The Balaban J connectivity index is 2.05. The Morgan fingerprint density at radius 1 is 1.20 bits per heavy atom. The molecule has 2 aliphatic rings. The molecule has 3 rings (SSSR count). The quantitative estimate of drug-likeness (QED) is 0.750. The van der Waals surface area contributed by atoms with E-state index >= 15 is 0 Å². The third-order valence-corrected chi connectivity index (χ3v) is 3.08. The summed E-state index contributed by atoms with van der Waals surface area (Å²) >= 11 is 0. The molecule has 0 amide bonds. The molecule has 1 aliphatic heterocycles. The van der Waals surface area contributed by atoms with Crippen LogP contribution in [0, 0.1) is 0 Å². The number of benzene rings is 1. The van der Waals surface area contributed by atoms with Gasteiger partial charge in [-0.1, -0.05) is 30.4 Å². The molecule has 1 N–H and O–H groups in total. The van der Waals surface area contributed by atoms with Crippen LogP contribution >= 0.6 is 0 Å². The standard InChI is InChI=1S/C13H13NO/c1-15-9-6-7-11-10-4-2-3-5-12(10)14-13(11)8-9/h2-8,10,12,14H,1H3. The van der Waals surface area contributed by atoms with Gasteiger partial charge in [-0.25, -0.2) is 0 Å². The van der Waals surface area contributed by atoms with E-state index in [-0.39, 0.29) is 0 Å². The van der Waals surface area contributed by atoms with E-state index < -0.39 is 0 Å². The normalized spacial score (nSPS) is 25.7. The number of nitrogens with one attached hydrogen (secondary N) is 1. The fraction of sp³-hybridized carbons (Fsp3) is 0.231. The van der Waals surface area contributed by atoms with Gasteiger partial charge < -0.3 is 10.1 Å². The van der Waals surface area contributed by atoms with Crippen LogP contribution in [0.25, 0.3) is 0 Å². The van der Waals surface area contributed by atoms with Gasteiger partial charge >= 0.3 is 0 Å². The average molecular weight is 199 g/mol. The molecule has 0 radical (unpaired) electrons. The minimum Gasteiger partial charge on any atom is -0.497 e. The van der Waals surface area contributed by atoms with E-state index in [1.165, 1.54) is 11.3 Å². The van der Waals surface area contributed by atoms with Crippen molar-refractivity contribution >= 4 is 5.69 Å². The first-order valence-corrected chi connectivity index (χ1v) is 5.18. The number of ether oxygens (including phenoxy) is 1. The van der Waals surface area contributed by atoms with Gasteiger partial charge in [0.1, 0.15) is 5.75 Å². The number of allylic oxidation sites excluding steroid dienone is 2. The minimum atomic E-state index is 0.414. The third-order valence-electron chi connectivity index (χ3n) is 3.08. The lowest BCUT2D eigenvalue weighted by Gasteiger charge is -2.15. The molecule has 1 heterocycles. The number of rotatable bonds is 1. The zero-order valence-electron chi connectivity index (χ0n) is 8.60. The number of anilines is 1. The van der Waals surface area contributed by atoms with Gasteiger partial charge in [0.05, 0.1) is 13.2 Å². The van der Waals surface area contributed by atoms with Crippen molar-refractivity contribution in [2.45, 2.75) is 12.0 Å². The van der Waals surface area contributed by atoms with Crippen LogP contribution in [0.5, 0.6) is 5.75 Å². The fourth-order valence-corrected chi connectivity index (χ4v) is 2.30. The van der Waals surface area contributed by atoms with Crippen molar-refractivity contribution in [3.8, 4) is 5.75 Å². The highest BCUT2D eigenvalue weighted by Crippen LogP contribution is 2.40. The molecule has 0 saturated heterocycles. The average Bonchev–Trinajstić information content (AvgIpc) is 2.66. The van der Waals surface area contributed by atoms with Gasteiger partial charge in [-0.05, 0) is 11.6 Å². The molecular weight excluding hydrogens is 186 g/mol. The number of fused-ring (bicyclic) bond motifs is 3. The maximum atomic E-state index is 5.22. The summed E-state index contributed by atoms with van der Waals surface area (Å²) in [6.45, 7) is 0. The summed E-state index contributed by atoms with van der Waals surface area (Å²) in [5.74, 6) is 1.39. The van der Waals surface area contributed by atoms with E-state index in [0.717, 1.165) is 5.75 Å². The van der Waals surface area contributed by atoms with Crippen LogP contribution in [-0.4, -0.2) is 13.2 Å². The Labute approximate surface area is 89.3 Å². The van der Waals surface area contributed by atoms with Crippen LogP contribution in [0.15, 0.2) is 42.5 Å². The van der Waals surface area contributed by atoms with Crippen LogP contribution in [0.3, 0.4) is 0 Å². The summed E-state index contributed by atoms with van der Waals surface area (Å²) in [5, 5.41) is 3.49. The lowest BCUT2D eigenvalue weighted by atomic mass is 9.92. The van der Waals surface area contributed by atoms with E-state index in [9.17, 15) is 0 Å². The molecule has 2 atom stereocenters. The summed E-state index contributed by atoms with van der Waals surface area (Å²) in [5.41, 5.74) is 2.56. The molecule has 0 saturated carbocycles. The molecule has 0 fully saturated rings. The lowest BCUT2D eigenvalue weighted by Crippen LogP contribution is -2.17. The Kier molecular flexibility index (Phi) is 1.81. The molecule has 2 nitrogen and oxygen atoms in total. The van der Waals surface area contributed by atoms with Gasteiger partial charge in [0.25, 0.3) is 0 Å². The first kappa shape index (κ1) is 8.60. The lowest BCUT2D eigenvalue weighted by molar-refractivity contribution is 0.415. The van der Waals surface area contributed by atoms with Gasteiger partial charge in [0.15, 0.2) is 0 Å². The second kappa shape index (κ2) is 3.16. The molecule has 76 valence electrons. The molecule has 2 unspecified atom stereocenters. The second-order valence-corrected chi connectivity index (χ2v) is 3.92. The molecule has 0 bridgehead atoms. The van der Waals surface area contributed by atoms with Gasteiger partial charge in [0, 0.05) is 17.7 Å². The van der Waals surface area contributed by atoms with Crippen molar-refractivity contribution in [1.82, 2.24) is 0 Å². The molecule has 0 spiro atoms. The topological polar surface area (TPSA) is 21.3 Å². The highest BCUT2D eigenvalue weighted by Gasteiger charge is 2.29. The van der Waals surface area contributed by atoms with Crippen molar-refractivity contribution < 1.29 is 4.74 Å². The molecule has 0 aromatic heterocycles. The van der Waals surface area contributed by atoms with Crippen molar-refractivity contribution in [2.75, 3.05) is 12.4 Å². The molecule has 1 aromatic rings. The number of hydrogen-bond donors (Lipinski definition) is 1. The maximum Gasteiger partial charge on any atom is 0.120 e. The van der Waals surface area contributed by atoms with E-state index in [2.05, 4.69) is 41.8 Å². The highest BCUT2D eigenvalue weighted by molar-refractivity contribution is 5.65. The zero-order valence-corrected chi connectivity index (χ0v) is 8.60. The molecular formula is C13H13NO. The monoisotopic (exact) mass is 199 g/mol. The molecule has 1 aliphatic carbocycles. The summed E-state index contributed by atoms with van der Waals surface area (Å²) in [6.07, 6.45) is 8.66. The molecule has 2 heteroatoms. The maximum absolute atomic E-state index is 5.22. The molecule has 1 aromatic carbocycles. The summed E-state index contributed by atoms with van der Waals surface area (Å²) in [6, 6.07) is 6.65. The summed E-state index contributed by atoms with van der Waals surface area (Å²) < 4.78 is 5.22. The van der Waals surface area contributed by atoms with Crippen LogP contribution in [-0.2, 0) is 0 Å². The summed E-state index contributed by atoms with van der Waals surface area (Å²) in [7, 11) is 1.70. The van der Waals surface area contributed by atoms with Gasteiger partial charge in [-0.3, -0.25) is 0 Å². The smallest absolute Gasteiger partial charge is 0.120 e. The minimum absolute atomic E-state index is 0.414. The van der Waals surface area contributed by atoms with E-state index in [1.807, 2.05) is 6.07 Å². The van der Waals surface area contributed by atoms with Crippen LogP contribution in [0.4, 0.5) is 5.69 Å². The van der Waals surface area contributed by atoms with Crippen LogP contribution < -0.4 is 10.1 Å². The first-order chi connectivity index (χ1) is 7.38. The van der Waals surface area contributed by atoms with E-state index in [1.54, 1.807) is 7.11 Å². The fourth-order valence-electron chi connectivity index (χ4n) is 2.30. The Bertz CT molecular complexity index is 448. The Hall–Kier alpha value is -1.70. The Morgan fingerprint density at radius 2 is 2.07 bits per heavy atom. The Morgan fingerprint density at radius 3 is 2.93 bits per heavy atom. The van der Waals surface area contributed by atoms with Gasteiger partial charge in [-0.15, -0.1) is 0 Å². The van der Waals surface area contributed by atoms with E-state index in [4.69, 9.17) is 4.74 Å². The largest absolute Gasteiger partial charge is 0.497 e. The van der Waals surface area contributed by atoms with Gasteiger partial charge in [0.2, 0.25) is 0 Å². The highest BCUT2D eigenvalue weighted by atomic mass is 16.5. The second-order valence-electron chi connectivity index (χ2n) is 3.92. The zero-order chi connectivity index (χ0) is 10.3. The third kappa shape index (κ3) is 1.25. The van der Waals surface area contributed by atoms with E-state index in [0.29, 0.717) is 12.0 Å². The van der Waals surface area contributed by atoms with Crippen molar-refractivity contribution in [3.63, 3.8) is 0 Å². The summed E-state index contributed by atoms with van der Waals surface area (Å²) in [4.78, 5) is 0. The van der Waals surface area contributed by atoms with Crippen molar-refractivity contribution in [1.29, 1.82) is 0 Å².